The highest BCUT2D eigenvalue weighted by Gasteiger charge is 2.44. The van der Waals surface area contributed by atoms with E-state index in [-0.39, 0.29) is 17.9 Å². The molecule has 4 aromatic rings. The fourth-order valence-electron chi connectivity index (χ4n) is 4.39. The minimum Gasteiger partial charge on any atom is -0.503 e. The largest absolute Gasteiger partial charge is 0.503 e. The number of amides is 1. The zero-order chi connectivity index (χ0) is 24.5. The molecule has 3 heterocycles. The molecule has 0 fully saturated rings. The molecule has 178 valence electrons. The van der Waals surface area contributed by atoms with E-state index in [4.69, 9.17) is 9.15 Å². The second-order valence-electron chi connectivity index (χ2n) is 8.19. The molecule has 2 aromatic heterocycles. The Balaban J connectivity index is 1.51. The van der Waals surface area contributed by atoms with Gasteiger partial charge in [0, 0.05) is 30.9 Å². The first kappa shape index (κ1) is 22.4. The molecule has 0 radical (unpaired) electrons. The number of rotatable bonds is 8. The Hall–Kier alpha value is -4.40. The maximum atomic E-state index is 13.6. The van der Waals surface area contributed by atoms with Gasteiger partial charge in [-0.1, -0.05) is 24.3 Å². The highest BCUT2D eigenvalue weighted by atomic mass is 19.1. The Morgan fingerprint density at radius 2 is 2.00 bits per heavy atom. The summed E-state index contributed by atoms with van der Waals surface area (Å²) in [5.41, 5.74) is 0.781. The van der Waals surface area contributed by atoms with Crippen molar-refractivity contribution in [2.45, 2.75) is 19.0 Å². The Labute approximate surface area is 199 Å². The number of aliphatic hydroxyl groups is 1. The molecule has 1 N–H and O–H groups in total. The zero-order valence-electron chi connectivity index (χ0n) is 18.8. The molecule has 0 saturated heterocycles. The number of furan rings is 1. The molecule has 35 heavy (non-hydrogen) atoms. The molecule has 9 heteroatoms. The van der Waals surface area contributed by atoms with Crippen LogP contribution in [0.15, 0.2) is 83.0 Å². The molecule has 1 aliphatic rings. The Kier molecular flexibility index (Phi) is 5.82. The van der Waals surface area contributed by atoms with Gasteiger partial charge in [0.15, 0.2) is 22.9 Å². The van der Waals surface area contributed by atoms with E-state index >= 15 is 0 Å². The van der Waals surface area contributed by atoms with Gasteiger partial charge in [0.2, 0.25) is 5.78 Å². The third kappa shape index (κ3) is 4.05. The summed E-state index contributed by atoms with van der Waals surface area (Å²) in [6.45, 7) is 0.848. The molecule has 5 rings (SSSR count). The number of ketones is 1. The summed E-state index contributed by atoms with van der Waals surface area (Å²) in [6, 6.07) is 11.4. The maximum absolute atomic E-state index is 13.6. The number of imidazole rings is 1. The second-order valence-corrected chi connectivity index (χ2v) is 8.19. The van der Waals surface area contributed by atoms with Crippen LogP contribution < -0.4 is 4.74 Å². The van der Waals surface area contributed by atoms with Crippen LogP contribution in [0.4, 0.5) is 4.39 Å². The number of hydrogen-bond donors (Lipinski definition) is 1. The smallest absolute Gasteiger partial charge is 0.290 e. The number of halogens is 1. The third-order valence-electron chi connectivity index (χ3n) is 6.06. The molecule has 8 nitrogen and oxygen atoms in total. The molecule has 1 unspecified atom stereocenters. The number of hydrogen-bond acceptors (Lipinski definition) is 6. The topological polar surface area (TPSA) is 97.8 Å². The lowest BCUT2D eigenvalue weighted by Gasteiger charge is -2.26. The van der Waals surface area contributed by atoms with Crippen molar-refractivity contribution in [2.75, 3.05) is 13.7 Å². The van der Waals surface area contributed by atoms with Crippen LogP contribution in [0.2, 0.25) is 0 Å². The highest BCUT2D eigenvalue weighted by Crippen LogP contribution is 2.40. The molecule has 0 bridgehead atoms. The number of nitrogens with zero attached hydrogens (tertiary/aromatic N) is 3. The normalized spacial score (nSPS) is 15.9. The van der Waals surface area contributed by atoms with E-state index in [1.54, 1.807) is 36.8 Å². The molecule has 2 aromatic carbocycles. The molecule has 0 aliphatic carbocycles. The van der Waals surface area contributed by atoms with Crippen molar-refractivity contribution in [3.63, 3.8) is 0 Å². The second kappa shape index (κ2) is 9.09. The van der Waals surface area contributed by atoms with Crippen LogP contribution in [0.3, 0.4) is 0 Å². The van der Waals surface area contributed by atoms with Crippen LogP contribution in [0, 0.1) is 5.82 Å². The molecule has 1 aliphatic heterocycles. The Morgan fingerprint density at radius 1 is 1.20 bits per heavy atom. The van der Waals surface area contributed by atoms with Crippen molar-refractivity contribution in [3.8, 4) is 5.75 Å². The van der Waals surface area contributed by atoms with Gasteiger partial charge in [-0.25, -0.2) is 9.37 Å². The number of Topliss-reactive ketones (excluding diaryl/α,β-unsaturated/α-hetero) is 1. The summed E-state index contributed by atoms with van der Waals surface area (Å²) in [6.07, 6.45) is 5.69. The molecule has 0 saturated carbocycles. The first-order valence-electron chi connectivity index (χ1n) is 11.0. The van der Waals surface area contributed by atoms with Crippen molar-refractivity contribution in [1.29, 1.82) is 0 Å². The fourth-order valence-corrected chi connectivity index (χ4v) is 4.39. The predicted molar refractivity (Wildman–Crippen MR) is 124 cm³/mol. The quantitative estimate of drug-likeness (QED) is 0.378. The summed E-state index contributed by atoms with van der Waals surface area (Å²) < 4.78 is 26.6. The van der Waals surface area contributed by atoms with Gasteiger partial charge in [-0.15, -0.1) is 0 Å². The van der Waals surface area contributed by atoms with Crippen molar-refractivity contribution >= 4 is 22.7 Å². The predicted octanol–water partition coefficient (Wildman–Crippen LogP) is 4.45. The monoisotopic (exact) mass is 475 g/mol. The lowest BCUT2D eigenvalue weighted by atomic mass is 9.95. The van der Waals surface area contributed by atoms with Gasteiger partial charge >= 0.3 is 0 Å². The van der Waals surface area contributed by atoms with E-state index in [1.807, 2.05) is 10.8 Å². The molecule has 1 atom stereocenters. The van der Waals surface area contributed by atoms with Gasteiger partial charge in [-0.2, -0.15) is 0 Å². The van der Waals surface area contributed by atoms with Crippen molar-refractivity contribution in [3.05, 3.63) is 95.7 Å². The third-order valence-corrected chi connectivity index (χ3v) is 6.06. The average Bonchev–Trinajstić information content (AvgIpc) is 3.59. The lowest BCUT2D eigenvalue weighted by molar-refractivity contribution is -0.129. The SMILES string of the molecule is COc1cccc2cc(C(=O)C3=C(O)C(=O)N(CCCn4ccnc4)C3c3ccc(F)cc3)oc12. The van der Waals surface area contributed by atoms with Crippen molar-refractivity contribution in [1.82, 2.24) is 14.5 Å². The van der Waals surface area contributed by atoms with Gasteiger partial charge in [0.05, 0.1) is 25.1 Å². The van der Waals surface area contributed by atoms with Crippen LogP contribution >= 0.6 is 0 Å². The summed E-state index contributed by atoms with van der Waals surface area (Å²) in [5, 5.41) is 11.5. The number of benzene rings is 2. The minimum absolute atomic E-state index is 0.0359. The van der Waals surface area contributed by atoms with E-state index in [1.165, 1.54) is 36.3 Å². The van der Waals surface area contributed by atoms with Crippen LogP contribution in [-0.2, 0) is 11.3 Å². The summed E-state index contributed by atoms with van der Waals surface area (Å²) in [7, 11) is 1.50. The summed E-state index contributed by atoms with van der Waals surface area (Å²) >= 11 is 0. The molecule has 1 amide bonds. The Bertz CT molecular complexity index is 1420. The number of aryl methyl sites for hydroxylation is 1. The number of aromatic nitrogens is 2. The fraction of sp³-hybridized carbons (Fsp3) is 0.192. The number of aliphatic hydroxyl groups excluding tert-OH is 1. The van der Waals surface area contributed by atoms with E-state index < -0.39 is 29.3 Å². The number of carbonyl (C=O) groups is 2. The zero-order valence-corrected chi connectivity index (χ0v) is 18.8. The van der Waals surface area contributed by atoms with Crippen LogP contribution in [0.1, 0.15) is 28.6 Å². The number of ether oxygens (including phenoxy) is 1. The average molecular weight is 475 g/mol. The lowest BCUT2D eigenvalue weighted by Crippen LogP contribution is -2.32. The van der Waals surface area contributed by atoms with Crippen molar-refractivity contribution in [2.24, 2.45) is 0 Å². The highest BCUT2D eigenvalue weighted by molar-refractivity contribution is 6.16. The van der Waals surface area contributed by atoms with Crippen LogP contribution in [0.25, 0.3) is 11.0 Å². The van der Waals surface area contributed by atoms with Gasteiger partial charge in [-0.05, 0) is 36.2 Å². The van der Waals surface area contributed by atoms with E-state index in [9.17, 15) is 19.1 Å². The Morgan fingerprint density at radius 3 is 2.71 bits per heavy atom. The number of methoxy groups -OCH3 is 1. The maximum Gasteiger partial charge on any atom is 0.290 e. The standard InChI is InChI=1S/C26H22FN3O5/c1-34-19-5-2-4-17-14-20(35-25(17)19)23(31)21-22(16-6-8-18(27)9-7-16)30(26(33)24(21)32)12-3-11-29-13-10-28-15-29/h2,4-10,13-15,22,32H,3,11-12H2,1H3. The minimum atomic E-state index is -0.895. The van der Waals surface area contributed by atoms with E-state index in [0.717, 1.165) is 0 Å². The number of carbonyl (C=O) groups excluding carboxylic acids is 2. The first-order chi connectivity index (χ1) is 17.0. The van der Waals surface area contributed by atoms with Crippen LogP contribution in [0.5, 0.6) is 5.75 Å². The molecule has 0 spiro atoms. The van der Waals surface area contributed by atoms with E-state index in [2.05, 4.69) is 4.98 Å². The van der Waals surface area contributed by atoms with Gasteiger partial charge in [0.25, 0.3) is 5.91 Å². The van der Waals surface area contributed by atoms with Crippen molar-refractivity contribution < 1.29 is 28.2 Å². The summed E-state index contributed by atoms with van der Waals surface area (Å²) in [4.78, 5) is 32.1. The molecular weight excluding hydrogens is 453 g/mol. The van der Waals surface area contributed by atoms with E-state index in [0.29, 0.717) is 35.2 Å². The van der Waals surface area contributed by atoms with Gasteiger partial charge < -0.3 is 23.7 Å². The molecular formula is C26H22FN3O5. The number of fused-ring (bicyclic) bond motifs is 1. The first-order valence-corrected chi connectivity index (χ1v) is 11.0. The van der Waals surface area contributed by atoms with Gasteiger partial charge in [-0.3, -0.25) is 9.59 Å². The number of para-hydroxylation sites is 1. The van der Waals surface area contributed by atoms with Gasteiger partial charge in [0.1, 0.15) is 5.82 Å². The summed E-state index contributed by atoms with van der Waals surface area (Å²) in [5.74, 6) is -1.96. The van der Waals surface area contributed by atoms with Crippen LogP contribution in [-0.4, -0.2) is 44.9 Å².